The predicted octanol–water partition coefficient (Wildman–Crippen LogP) is 1.95. The normalized spacial score (nSPS) is 18.3. The van der Waals surface area contributed by atoms with Crippen molar-refractivity contribution in [2.24, 2.45) is 5.92 Å². The van der Waals surface area contributed by atoms with Crippen molar-refractivity contribution in [1.82, 2.24) is 30.0 Å². The van der Waals surface area contributed by atoms with Gasteiger partial charge in [0.1, 0.15) is 0 Å². The Morgan fingerprint density at radius 1 is 1.10 bits per heavy atom. The largest absolute Gasteiger partial charge is 0.454 e. The molecule has 0 amide bonds. The molecule has 0 N–H and O–H groups in total. The molecule has 1 atom stereocenters. The van der Waals surface area contributed by atoms with Gasteiger partial charge in [-0.05, 0) is 40.5 Å². The molecule has 9 heteroatoms. The monoisotopic (exact) mass is 416 g/mol. The molecule has 2 aliphatic rings. The van der Waals surface area contributed by atoms with Crippen LogP contribution >= 0.6 is 0 Å². The number of piperazine rings is 1. The van der Waals surface area contributed by atoms with Gasteiger partial charge in [0.05, 0.1) is 19.2 Å². The standard InChI is InChI=1S/C21H32N6O3/c1-16(2)12-18(21-22-23-24-27(21)10-11-28-3)26-8-6-25(7-9-26)14-17-4-5-19-20(13-17)30-15-29-19/h4-5,13,16,18H,6-12,14-15H2,1-3H3. The summed E-state index contributed by atoms with van der Waals surface area (Å²) < 4.78 is 18.1. The highest BCUT2D eigenvalue weighted by molar-refractivity contribution is 5.44. The molecule has 1 unspecified atom stereocenters. The van der Waals surface area contributed by atoms with Gasteiger partial charge in [0.15, 0.2) is 17.3 Å². The Labute approximate surface area is 177 Å². The summed E-state index contributed by atoms with van der Waals surface area (Å²) in [5.74, 6) is 3.21. The first-order chi connectivity index (χ1) is 14.6. The van der Waals surface area contributed by atoms with Crippen LogP contribution in [0.5, 0.6) is 11.5 Å². The van der Waals surface area contributed by atoms with Crippen LogP contribution in [0, 0.1) is 5.92 Å². The fraction of sp³-hybridized carbons (Fsp3) is 0.667. The van der Waals surface area contributed by atoms with Crippen LogP contribution in [0.3, 0.4) is 0 Å². The van der Waals surface area contributed by atoms with Gasteiger partial charge < -0.3 is 14.2 Å². The summed E-state index contributed by atoms with van der Waals surface area (Å²) in [5.41, 5.74) is 1.26. The van der Waals surface area contributed by atoms with Gasteiger partial charge in [-0.1, -0.05) is 19.9 Å². The van der Waals surface area contributed by atoms with Crippen LogP contribution in [-0.4, -0.2) is 76.7 Å². The Bertz CT molecular complexity index is 819. The Hall–Kier alpha value is -2.23. The molecule has 3 heterocycles. The van der Waals surface area contributed by atoms with E-state index in [1.807, 2.05) is 10.7 Å². The number of hydrogen-bond donors (Lipinski definition) is 0. The van der Waals surface area contributed by atoms with Crippen LogP contribution in [0.15, 0.2) is 18.2 Å². The van der Waals surface area contributed by atoms with Crippen LogP contribution in [0.1, 0.15) is 37.7 Å². The van der Waals surface area contributed by atoms with Crippen molar-refractivity contribution in [2.45, 2.75) is 39.4 Å². The lowest BCUT2D eigenvalue weighted by atomic mass is 10.0. The van der Waals surface area contributed by atoms with Crippen LogP contribution in [0.4, 0.5) is 0 Å². The Morgan fingerprint density at radius 3 is 2.67 bits per heavy atom. The van der Waals surface area contributed by atoms with E-state index in [9.17, 15) is 0 Å². The molecule has 0 radical (unpaired) electrons. The maximum absolute atomic E-state index is 5.52. The molecule has 0 spiro atoms. The third-order valence-electron chi connectivity index (χ3n) is 5.75. The molecule has 2 aromatic rings. The van der Waals surface area contributed by atoms with Crippen LogP contribution in [0.2, 0.25) is 0 Å². The quantitative estimate of drug-likeness (QED) is 0.614. The van der Waals surface area contributed by atoms with Gasteiger partial charge >= 0.3 is 0 Å². The number of hydrogen-bond acceptors (Lipinski definition) is 8. The fourth-order valence-electron chi connectivity index (χ4n) is 4.18. The molecule has 1 saturated heterocycles. The zero-order valence-electron chi connectivity index (χ0n) is 18.2. The molecule has 9 nitrogen and oxygen atoms in total. The number of tetrazole rings is 1. The molecule has 30 heavy (non-hydrogen) atoms. The van der Waals surface area contributed by atoms with Crippen molar-refractivity contribution in [3.05, 3.63) is 29.6 Å². The second-order valence-corrected chi connectivity index (χ2v) is 8.40. The average molecular weight is 417 g/mol. The van der Waals surface area contributed by atoms with E-state index in [-0.39, 0.29) is 6.04 Å². The number of rotatable bonds is 9. The number of benzene rings is 1. The van der Waals surface area contributed by atoms with E-state index >= 15 is 0 Å². The van der Waals surface area contributed by atoms with E-state index in [0.717, 1.165) is 56.5 Å². The van der Waals surface area contributed by atoms with Crippen LogP contribution in [0.25, 0.3) is 0 Å². The topological polar surface area (TPSA) is 77.8 Å². The van der Waals surface area contributed by atoms with E-state index in [1.165, 1.54) is 5.56 Å². The van der Waals surface area contributed by atoms with Crippen LogP contribution < -0.4 is 9.47 Å². The highest BCUT2D eigenvalue weighted by atomic mass is 16.7. The van der Waals surface area contributed by atoms with E-state index < -0.39 is 0 Å². The maximum Gasteiger partial charge on any atom is 0.231 e. The average Bonchev–Trinajstić information content (AvgIpc) is 3.40. The number of fused-ring (bicyclic) bond motifs is 1. The molecule has 0 saturated carbocycles. The second kappa shape index (κ2) is 9.72. The fourth-order valence-corrected chi connectivity index (χ4v) is 4.18. The van der Waals surface area contributed by atoms with Crippen molar-refractivity contribution in [2.75, 3.05) is 46.7 Å². The molecule has 1 aromatic carbocycles. The van der Waals surface area contributed by atoms with Crippen molar-refractivity contribution in [3.63, 3.8) is 0 Å². The van der Waals surface area contributed by atoms with E-state index in [4.69, 9.17) is 14.2 Å². The Balaban J connectivity index is 1.38. The highest BCUT2D eigenvalue weighted by Gasteiger charge is 2.30. The third kappa shape index (κ3) is 4.91. The Morgan fingerprint density at radius 2 is 1.90 bits per heavy atom. The summed E-state index contributed by atoms with van der Waals surface area (Å²) in [6.45, 7) is 11.1. The third-order valence-corrected chi connectivity index (χ3v) is 5.75. The lowest BCUT2D eigenvalue weighted by molar-refractivity contribution is 0.0757. The Kier molecular flexibility index (Phi) is 6.81. The van der Waals surface area contributed by atoms with Gasteiger partial charge in [-0.25, -0.2) is 4.68 Å². The van der Waals surface area contributed by atoms with Gasteiger partial charge in [-0.2, -0.15) is 0 Å². The summed E-state index contributed by atoms with van der Waals surface area (Å²) in [6.07, 6.45) is 1.04. The van der Waals surface area contributed by atoms with Gasteiger partial charge in [-0.3, -0.25) is 9.80 Å². The lowest BCUT2D eigenvalue weighted by Gasteiger charge is -2.39. The number of ether oxygens (including phenoxy) is 3. The minimum Gasteiger partial charge on any atom is -0.454 e. The maximum atomic E-state index is 5.52. The zero-order valence-corrected chi connectivity index (χ0v) is 18.2. The van der Waals surface area contributed by atoms with Gasteiger partial charge in [0, 0.05) is 39.8 Å². The number of aromatic nitrogens is 4. The van der Waals surface area contributed by atoms with Crippen molar-refractivity contribution in [3.8, 4) is 11.5 Å². The van der Waals surface area contributed by atoms with E-state index in [2.05, 4.69) is 51.3 Å². The van der Waals surface area contributed by atoms with Crippen molar-refractivity contribution in [1.29, 1.82) is 0 Å². The minimum absolute atomic E-state index is 0.226. The summed E-state index contributed by atoms with van der Waals surface area (Å²) in [6, 6.07) is 6.46. The second-order valence-electron chi connectivity index (χ2n) is 8.40. The summed E-state index contributed by atoms with van der Waals surface area (Å²) in [7, 11) is 1.70. The molecule has 2 aliphatic heterocycles. The smallest absolute Gasteiger partial charge is 0.231 e. The molecule has 0 aliphatic carbocycles. The van der Waals surface area contributed by atoms with Gasteiger partial charge in [0.2, 0.25) is 6.79 Å². The first-order valence-corrected chi connectivity index (χ1v) is 10.7. The zero-order chi connectivity index (χ0) is 20.9. The highest BCUT2D eigenvalue weighted by Crippen LogP contribution is 2.33. The summed E-state index contributed by atoms with van der Waals surface area (Å²) in [4.78, 5) is 5.03. The number of nitrogens with zero attached hydrogens (tertiary/aromatic N) is 6. The van der Waals surface area contributed by atoms with E-state index in [0.29, 0.717) is 25.9 Å². The molecule has 164 valence electrons. The molecular weight excluding hydrogens is 384 g/mol. The summed E-state index contributed by atoms with van der Waals surface area (Å²) >= 11 is 0. The molecule has 0 bridgehead atoms. The van der Waals surface area contributed by atoms with Crippen molar-refractivity contribution >= 4 is 0 Å². The van der Waals surface area contributed by atoms with Crippen LogP contribution in [-0.2, 0) is 17.8 Å². The lowest BCUT2D eigenvalue weighted by Crippen LogP contribution is -2.48. The SMILES string of the molecule is COCCn1nnnc1C(CC(C)C)N1CCN(Cc2ccc3c(c2)OCO3)CC1. The predicted molar refractivity (Wildman–Crippen MR) is 111 cm³/mol. The van der Waals surface area contributed by atoms with Crippen molar-refractivity contribution < 1.29 is 14.2 Å². The first-order valence-electron chi connectivity index (χ1n) is 10.7. The van der Waals surface area contributed by atoms with E-state index in [1.54, 1.807) is 7.11 Å². The number of methoxy groups -OCH3 is 1. The molecular formula is C21H32N6O3. The molecule has 1 fully saturated rings. The first kappa shape index (κ1) is 21.0. The molecule has 4 rings (SSSR count). The summed E-state index contributed by atoms with van der Waals surface area (Å²) in [5, 5.41) is 12.5. The molecule has 1 aromatic heterocycles. The van der Waals surface area contributed by atoms with Gasteiger partial charge in [-0.15, -0.1) is 5.10 Å². The van der Waals surface area contributed by atoms with Gasteiger partial charge in [0.25, 0.3) is 0 Å². The minimum atomic E-state index is 0.226.